The third kappa shape index (κ3) is 1.82. The second kappa shape index (κ2) is 4.10. The summed E-state index contributed by atoms with van der Waals surface area (Å²) in [6.45, 7) is 2.19. The molecule has 0 radical (unpaired) electrons. The first-order valence-corrected chi connectivity index (χ1v) is 6.16. The number of anilines is 1. The maximum absolute atomic E-state index is 6.46. The van der Waals surface area contributed by atoms with Crippen molar-refractivity contribution in [3.8, 4) is 0 Å². The zero-order chi connectivity index (χ0) is 11.8. The summed E-state index contributed by atoms with van der Waals surface area (Å²) in [7, 11) is 4.18. The number of benzene rings is 1. The minimum absolute atomic E-state index is 0.0647. The van der Waals surface area contributed by atoms with Crippen molar-refractivity contribution in [1.82, 2.24) is 0 Å². The van der Waals surface area contributed by atoms with Crippen molar-refractivity contribution in [3.05, 3.63) is 29.3 Å². The molecule has 0 atom stereocenters. The molecular weight excluding hydrogens is 196 g/mol. The minimum atomic E-state index is -0.0647. The van der Waals surface area contributed by atoms with Gasteiger partial charge < -0.3 is 10.6 Å². The van der Waals surface area contributed by atoms with Crippen LogP contribution in [-0.4, -0.2) is 14.1 Å². The van der Waals surface area contributed by atoms with Gasteiger partial charge in [0, 0.05) is 25.3 Å². The van der Waals surface area contributed by atoms with E-state index >= 15 is 0 Å². The van der Waals surface area contributed by atoms with Crippen molar-refractivity contribution in [1.29, 1.82) is 0 Å². The van der Waals surface area contributed by atoms with Gasteiger partial charge in [-0.05, 0) is 42.9 Å². The monoisotopic (exact) mass is 218 g/mol. The molecule has 16 heavy (non-hydrogen) atoms. The third-order valence-electron chi connectivity index (χ3n) is 3.73. The lowest BCUT2D eigenvalue weighted by molar-refractivity contribution is 0.254. The van der Waals surface area contributed by atoms with E-state index in [0.29, 0.717) is 0 Å². The Hall–Kier alpha value is -1.02. The lowest BCUT2D eigenvalue weighted by Crippen LogP contribution is -2.44. The van der Waals surface area contributed by atoms with Crippen LogP contribution >= 0.6 is 0 Å². The summed E-state index contributed by atoms with van der Waals surface area (Å²) in [5.41, 5.74) is 10.4. The fourth-order valence-corrected chi connectivity index (χ4v) is 2.42. The summed E-state index contributed by atoms with van der Waals surface area (Å²) in [6.07, 6.45) is 4.60. The van der Waals surface area contributed by atoms with Crippen LogP contribution in [0, 0.1) is 0 Å². The molecule has 0 bridgehead atoms. The Morgan fingerprint density at radius 1 is 1.31 bits per heavy atom. The maximum atomic E-state index is 6.46. The van der Waals surface area contributed by atoms with Gasteiger partial charge in [0.25, 0.3) is 0 Å². The molecule has 0 amide bonds. The molecule has 0 saturated heterocycles. The lowest BCUT2D eigenvalue weighted by Gasteiger charge is -2.41. The summed E-state index contributed by atoms with van der Waals surface area (Å²) in [5, 5.41) is 0. The molecule has 2 heteroatoms. The minimum Gasteiger partial charge on any atom is -0.377 e. The first-order chi connectivity index (χ1) is 7.57. The zero-order valence-electron chi connectivity index (χ0n) is 10.6. The van der Waals surface area contributed by atoms with Crippen LogP contribution < -0.4 is 10.6 Å². The average Bonchev–Trinajstić information content (AvgIpc) is 2.24. The van der Waals surface area contributed by atoms with E-state index in [2.05, 4.69) is 44.1 Å². The molecule has 0 aromatic heterocycles. The van der Waals surface area contributed by atoms with Gasteiger partial charge in [0.15, 0.2) is 0 Å². The Morgan fingerprint density at radius 3 is 2.44 bits per heavy atom. The Balaban J connectivity index is 2.46. The fraction of sp³-hybridized carbons (Fsp3) is 0.571. The Morgan fingerprint density at radius 2 is 2.00 bits per heavy atom. The molecule has 0 unspecified atom stereocenters. The molecule has 1 saturated carbocycles. The van der Waals surface area contributed by atoms with Crippen molar-refractivity contribution < 1.29 is 0 Å². The molecular formula is C14H22N2. The van der Waals surface area contributed by atoms with E-state index in [-0.39, 0.29) is 5.54 Å². The number of nitrogens with two attached hydrogens (primary N) is 1. The first-order valence-electron chi connectivity index (χ1n) is 6.16. The Labute approximate surface area is 98.4 Å². The number of aryl methyl sites for hydroxylation is 1. The van der Waals surface area contributed by atoms with E-state index in [4.69, 9.17) is 5.73 Å². The molecule has 0 spiro atoms. The van der Waals surface area contributed by atoms with E-state index in [0.717, 1.165) is 19.3 Å². The molecule has 1 fully saturated rings. The number of hydrogen-bond acceptors (Lipinski definition) is 2. The van der Waals surface area contributed by atoms with Crippen molar-refractivity contribution in [3.63, 3.8) is 0 Å². The molecule has 2 nitrogen and oxygen atoms in total. The molecule has 0 heterocycles. The average molecular weight is 218 g/mol. The van der Waals surface area contributed by atoms with Gasteiger partial charge in [-0.15, -0.1) is 0 Å². The zero-order valence-corrected chi connectivity index (χ0v) is 10.6. The molecule has 0 aliphatic heterocycles. The van der Waals surface area contributed by atoms with Crippen molar-refractivity contribution in [2.75, 3.05) is 19.0 Å². The van der Waals surface area contributed by atoms with Gasteiger partial charge in [0.2, 0.25) is 0 Å². The predicted octanol–water partition coefficient (Wildman–Crippen LogP) is 2.65. The van der Waals surface area contributed by atoms with Crippen LogP contribution in [0.1, 0.15) is 37.3 Å². The van der Waals surface area contributed by atoms with Crippen LogP contribution in [0.4, 0.5) is 5.69 Å². The molecule has 1 aromatic carbocycles. The van der Waals surface area contributed by atoms with Gasteiger partial charge in [0.05, 0.1) is 0 Å². The normalized spacial score (nSPS) is 18.0. The van der Waals surface area contributed by atoms with E-state index in [1.165, 1.54) is 23.2 Å². The lowest BCUT2D eigenvalue weighted by atomic mass is 9.71. The molecule has 1 aliphatic carbocycles. The summed E-state index contributed by atoms with van der Waals surface area (Å²) in [4.78, 5) is 2.17. The first kappa shape index (κ1) is 11.5. The molecule has 2 N–H and O–H groups in total. The SMILES string of the molecule is CCc1ccc(N(C)C)c(C2(N)CCC2)c1. The highest BCUT2D eigenvalue weighted by molar-refractivity contribution is 5.57. The van der Waals surface area contributed by atoms with E-state index < -0.39 is 0 Å². The topological polar surface area (TPSA) is 29.3 Å². The Kier molecular flexibility index (Phi) is 2.94. The van der Waals surface area contributed by atoms with Crippen molar-refractivity contribution in [2.24, 2.45) is 5.73 Å². The largest absolute Gasteiger partial charge is 0.377 e. The highest BCUT2D eigenvalue weighted by atomic mass is 15.1. The van der Waals surface area contributed by atoms with Crippen LogP contribution in [-0.2, 0) is 12.0 Å². The van der Waals surface area contributed by atoms with Crippen LogP contribution in [0.25, 0.3) is 0 Å². The molecule has 1 aromatic rings. The van der Waals surface area contributed by atoms with Crippen molar-refractivity contribution in [2.45, 2.75) is 38.1 Å². The van der Waals surface area contributed by atoms with Gasteiger partial charge in [-0.3, -0.25) is 0 Å². The van der Waals surface area contributed by atoms with Gasteiger partial charge in [-0.25, -0.2) is 0 Å². The second-order valence-corrected chi connectivity index (χ2v) is 5.11. The van der Waals surface area contributed by atoms with E-state index in [1.807, 2.05) is 0 Å². The standard InChI is InChI=1S/C14H22N2/c1-4-11-6-7-13(16(2)3)12(10-11)14(15)8-5-9-14/h6-7,10H,4-5,8-9,15H2,1-3H3. The summed E-state index contributed by atoms with van der Waals surface area (Å²) >= 11 is 0. The quantitative estimate of drug-likeness (QED) is 0.845. The van der Waals surface area contributed by atoms with Gasteiger partial charge in [0.1, 0.15) is 0 Å². The van der Waals surface area contributed by atoms with Crippen LogP contribution in [0.15, 0.2) is 18.2 Å². The van der Waals surface area contributed by atoms with Crippen LogP contribution in [0.3, 0.4) is 0 Å². The number of hydrogen-bond donors (Lipinski definition) is 1. The van der Waals surface area contributed by atoms with E-state index in [9.17, 15) is 0 Å². The van der Waals surface area contributed by atoms with Crippen LogP contribution in [0.5, 0.6) is 0 Å². The highest BCUT2D eigenvalue weighted by Crippen LogP contribution is 2.42. The molecule has 2 rings (SSSR count). The van der Waals surface area contributed by atoms with Gasteiger partial charge >= 0.3 is 0 Å². The summed E-state index contributed by atoms with van der Waals surface area (Å²) in [5.74, 6) is 0. The van der Waals surface area contributed by atoms with Crippen molar-refractivity contribution >= 4 is 5.69 Å². The number of rotatable bonds is 3. The Bertz CT molecular complexity index is 378. The van der Waals surface area contributed by atoms with E-state index in [1.54, 1.807) is 0 Å². The smallest absolute Gasteiger partial charge is 0.0430 e. The molecule has 1 aliphatic rings. The van der Waals surface area contributed by atoms with Gasteiger partial charge in [-0.2, -0.15) is 0 Å². The fourth-order valence-electron chi connectivity index (χ4n) is 2.42. The molecule has 88 valence electrons. The number of nitrogens with zero attached hydrogens (tertiary/aromatic N) is 1. The highest BCUT2D eigenvalue weighted by Gasteiger charge is 2.36. The summed E-state index contributed by atoms with van der Waals surface area (Å²) in [6, 6.07) is 6.72. The summed E-state index contributed by atoms with van der Waals surface area (Å²) < 4.78 is 0. The van der Waals surface area contributed by atoms with Crippen LogP contribution in [0.2, 0.25) is 0 Å². The maximum Gasteiger partial charge on any atom is 0.0430 e. The third-order valence-corrected chi connectivity index (χ3v) is 3.73. The second-order valence-electron chi connectivity index (χ2n) is 5.11. The predicted molar refractivity (Wildman–Crippen MR) is 69.9 cm³/mol. The van der Waals surface area contributed by atoms with Gasteiger partial charge in [-0.1, -0.05) is 19.1 Å².